The summed E-state index contributed by atoms with van der Waals surface area (Å²) in [7, 11) is 0. The molecule has 0 saturated carbocycles. The molecular formula is C22H23N3O3S. The van der Waals surface area contributed by atoms with E-state index in [1.54, 1.807) is 18.3 Å². The van der Waals surface area contributed by atoms with Gasteiger partial charge in [0.15, 0.2) is 4.77 Å². The molecule has 1 aliphatic heterocycles. The third kappa shape index (κ3) is 4.05. The number of hydrogen-bond donors (Lipinski definition) is 2. The quantitative estimate of drug-likeness (QED) is 0.599. The standard InChI is InChI=1S/C22H23N3O3S/c1-3-27-19-11-16-10-14(2)28-20(16)12-17(19)13-24-21(26)15-4-6-18(7-5-15)25-9-8-23-22(25)29/h4-9,11-12,14H,3,10,13H2,1-2H3,(H,23,29)(H,24,26)/t14-/m1/s1. The lowest BCUT2D eigenvalue weighted by atomic mass is 10.1. The molecule has 1 amide bonds. The van der Waals surface area contributed by atoms with Crippen LogP contribution < -0.4 is 14.8 Å². The molecule has 2 N–H and O–H groups in total. The van der Waals surface area contributed by atoms with Gasteiger partial charge >= 0.3 is 0 Å². The molecule has 4 rings (SSSR count). The van der Waals surface area contributed by atoms with E-state index in [2.05, 4.69) is 10.3 Å². The molecule has 0 radical (unpaired) electrons. The smallest absolute Gasteiger partial charge is 0.251 e. The van der Waals surface area contributed by atoms with E-state index in [-0.39, 0.29) is 12.0 Å². The zero-order chi connectivity index (χ0) is 20.4. The second-order valence-electron chi connectivity index (χ2n) is 7.00. The number of nitrogens with zero attached hydrogens (tertiary/aromatic N) is 1. The molecule has 0 fully saturated rings. The van der Waals surface area contributed by atoms with Gasteiger partial charge < -0.3 is 19.8 Å². The molecule has 150 valence electrons. The molecule has 1 aromatic heterocycles. The van der Waals surface area contributed by atoms with Crippen molar-refractivity contribution in [2.24, 2.45) is 0 Å². The number of fused-ring (bicyclic) bond motifs is 1. The minimum absolute atomic E-state index is 0.147. The number of hydrogen-bond acceptors (Lipinski definition) is 4. The van der Waals surface area contributed by atoms with E-state index in [0.29, 0.717) is 23.5 Å². The highest BCUT2D eigenvalue weighted by Crippen LogP contribution is 2.35. The van der Waals surface area contributed by atoms with Gasteiger partial charge in [-0.1, -0.05) is 0 Å². The second kappa shape index (κ2) is 8.13. The molecule has 7 heteroatoms. The van der Waals surface area contributed by atoms with Crippen LogP contribution in [0.25, 0.3) is 5.69 Å². The molecule has 29 heavy (non-hydrogen) atoms. The van der Waals surface area contributed by atoms with Gasteiger partial charge in [0.1, 0.15) is 17.6 Å². The third-order valence-electron chi connectivity index (χ3n) is 4.88. The molecule has 2 aromatic carbocycles. The number of H-pyrrole nitrogens is 1. The predicted molar refractivity (Wildman–Crippen MR) is 114 cm³/mol. The van der Waals surface area contributed by atoms with Crippen molar-refractivity contribution in [3.8, 4) is 17.2 Å². The van der Waals surface area contributed by atoms with Crippen molar-refractivity contribution in [1.82, 2.24) is 14.9 Å². The van der Waals surface area contributed by atoms with E-state index in [4.69, 9.17) is 21.7 Å². The Balaban J connectivity index is 1.48. The van der Waals surface area contributed by atoms with E-state index >= 15 is 0 Å². The monoisotopic (exact) mass is 409 g/mol. The molecule has 2 heterocycles. The number of carbonyl (C=O) groups excluding carboxylic acids is 1. The molecule has 0 unspecified atom stereocenters. The Morgan fingerprint density at radius 3 is 2.83 bits per heavy atom. The summed E-state index contributed by atoms with van der Waals surface area (Å²) in [6.45, 7) is 4.93. The Morgan fingerprint density at radius 1 is 1.34 bits per heavy atom. The van der Waals surface area contributed by atoms with Gasteiger partial charge in [-0.3, -0.25) is 9.36 Å². The van der Waals surface area contributed by atoms with Crippen molar-refractivity contribution < 1.29 is 14.3 Å². The largest absolute Gasteiger partial charge is 0.494 e. The van der Waals surface area contributed by atoms with Crippen molar-refractivity contribution in [3.05, 3.63) is 70.3 Å². The highest BCUT2D eigenvalue weighted by molar-refractivity contribution is 7.71. The van der Waals surface area contributed by atoms with Gasteiger partial charge in [0.25, 0.3) is 5.91 Å². The van der Waals surface area contributed by atoms with E-state index < -0.39 is 0 Å². The lowest BCUT2D eigenvalue weighted by molar-refractivity contribution is 0.0950. The van der Waals surface area contributed by atoms with Gasteiger partial charge in [-0.05, 0) is 62.5 Å². The van der Waals surface area contributed by atoms with Crippen LogP contribution in [0.1, 0.15) is 35.3 Å². The number of ether oxygens (including phenoxy) is 2. The first-order valence-electron chi connectivity index (χ1n) is 9.65. The van der Waals surface area contributed by atoms with Crippen LogP contribution in [0.3, 0.4) is 0 Å². The van der Waals surface area contributed by atoms with Crippen LogP contribution in [0.15, 0.2) is 48.8 Å². The van der Waals surface area contributed by atoms with Crippen LogP contribution in [-0.2, 0) is 13.0 Å². The van der Waals surface area contributed by atoms with Crippen molar-refractivity contribution in [1.29, 1.82) is 0 Å². The van der Waals surface area contributed by atoms with Gasteiger partial charge in [0.05, 0.1) is 6.61 Å². The SMILES string of the molecule is CCOc1cc2c(cc1CNC(=O)c1ccc(-n3cc[nH]c3=S)cc1)O[C@H](C)C2. The van der Waals surface area contributed by atoms with Crippen LogP contribution in [0, 0.1) is 4.77 Å². The Labute approximate surface area is 174 Å². The topological polar surface area (TPSA) is 68.3 Å². The number of aromatic amines is 1. The number of benzene rings is 2. The van der Waals surface area contributed by atoms with Crippen LogP contribution in [0.4, 0.5) is 0 Å². The number of imidazole rings is 1. The van der Waals surface area contributed by atoms with Crippen molar-refractivity contribution in [2.45, 2.75) is 32.9 Å². The van der Waals surface area contributed by atoms with E-state index in [1.165, 1.54) is 0 Å². The van der Waals surface area contributed by atoms with Gasteiger partial charge in [-0.2, -0.15) is 0 Å². The summed E-state index contributed by atoms with van der Waals surface area (Å²) in [6.07, 6.45) is 4.67. The summed E-state index contributed by atoms with van der Waals surface area (Å²) in [5, 5.41) is 2.97. The first-order valence-corrected chi connectivity index (χ1v) is 10.1. The van der Waals surface area contributed by atoms with Gasteiger partial charge in [-0.15, -0.1) is 0 Å². The first-order chi connectivity index (χ1) is 14.0. The minimum atomic E-state index is -0.147. The average Bonchev–Trinajstić information content (AvgIpc) is 3.30. The molecular weight excluding hydrogens is 386 g/mol. The average molecular weight is 410 g/mol. The molecule has 0 saturated heterocycles. The Bertz CT molecular complexity index is 1090. The lowest BCUT2D eigenvalue weighted by Gasteiger charge is -2.13. The summed E-state index contributed by atoms with van der Waals surface area (Å²) in [4.78, 5) is 15.6. The second-order valence-corrected chi connectivity index (χ2v) is 7.38. The zero-order valence-corrected chi connectivity index (χ0v) is 17.2. The van der Waals surface area contributed by atoms with Crippen LogP contribution in [0.2, 0.25) is 0 Å². The highest BCUT2D eigenvalue weighted by atomic mass is 32.1. The molecule has 1 atom stereocenters. The van der Waals surface area contributed by atoms with Gasteiger partial charge in [0, 0.05) is 47.7 Å². The maximum absolute atomic E-state index is 12.6. The summed E-state index contributed by atoms with van der Waals surface area (Å²) in [5.41, 5.74) is 3.54. The number of amides is 1. The molecule has 1 aliphatic rings. The fourth-order valence-electron chi connectivity index (χ4n) is 3.48. The van der Waals surface area contributed by atoms with Crippen molar-refractivity contribution in [3.63, 3.8) is 0 Å². The van der Waals surface area contributed by atoms with Crippen LogP contribution >= 0.6 is 12.2 Å². The highest BCUT2D eigenvalue weighted by Gasteiger charge is 2.22. The molecule has 0 bridgehead atoms. The van der Waals surface area contributed by atoms with Gasteiger partial charge in [0.2, 0.25) is 0 Å². The van der Waals surface area contributed by atoms with Crippen LogP contribution in [-0.4, -0.2) is 28.2 Å². The van der Waals surface area contributed by atoms with E-state index in [1.807, 2.05) is 48.9 Å². The number of rotatable bonds is 6. The number of carbonyl (C=O) groups is 1. The number of nitrogens with one attached hydrogen (secondary N) is 2. The van der Waals surface area contributed by atoms with E-state index in [0.717, 1.165) is 34.7 Å². The Kier molecular flexibility index (Phi) is 5.40. The Hall–Kier alpha value is -3.06. The maximum Gasteiger partial charge on any atom is 0.251 e. The van der Waals surface area contributed by atoms with Crippen molar-refractivity contribution >= 4 is 18.1 Å². The third-order valence-corrected chi connectivity index (χ3v) is 5.19. The summed E-state index contributed by atoms with van der Waals surface area (Å²) >= 11 is 5.23. The molecule has 0 spiro atoms. The zero-order valence-electron chi connectivity index (χ0n) is 16.4. The normalized spacial score (nSPS) is 14.9. The molecule has 3 aromatic rings. The van der Waals surface area contributed by atoms with Crippen molar-refractivity contribution in [2.75, 3.05) is 6.61 Å². The molecule has 6 nitrogen and oxygen atoms in total. The fraction of sp³-hybridized carbons (Fsp3) is 0.273. The van der Waals surface area contributed by atoms with E-state index in [9.17, 15) is 4.79 Å². The first kappa shape index (κ1) is 19.3. The number of aromatic nitrogens is 2. The lowest BCUT2D eigenvalue weighted by Crippen LogP contribution is -2.23. The Morgan fingerprint density at radius 2 is 2.14 bits per heavy atom. The fourth-order valence-corrected chi connectivity index (χ4v) is 3.72. The molecule has 0 aliphatic carbocycles. The summed E-state index contributed by atoms with van der Waals surface area (Å²) in [5.74, 6) is 1.52. The van der Waals surface area contributed by atoms with Crippen LogP contribution in [0.5, 0.6) is 11.5 Å². The maximum atomic E-state index is 12.6. The summed E-state index contributed by atoms with van der Waals surface area (Å²) < 4.78 is 14.1. The predicted octanol–water partition coefficient (Wildman–Crippen LogP) is 4.19. The minimum Gasteiger partial charge on any atom is -0.494 e. The summed E-state index contributed by atoms with van der Waals surface area (Å²) in [6, 6.07) is 11.3. The van der Waals surface area contributed by atoms with Gasteiger partial charge in [-0.25, -0.2) is 0 Å².